The first-order chi connectivity index (χ1) is 7.20. The Kier molecular flexibility index (Phi) is 2.39. The summed E-state index contributed by atoms with van der Waals surface area (Å²) in [7, 11) is 0. The lowest BCUT2D eigenvalue weighted by atomic mass is 10.3. The van der Waals surface area contributed by atoms with Crippen LogP contribution in [0.15, 0.2) is 46.2 Å². The summed E-state index contributed by atoms with van der Waals surface area (Å²) in [6, 6.07) is 1.28. The fourth-order valence-electron chi connectivity index (χ4n) is 1.38. The van der Waals surface area contributed by atoms with Crippen LogP contribution >= 0.6 is 0 Å². The minimum absolute atomic E-state index is 0.415. The Morgan fingerprint density at radius 1 is 1.60 bits per heavy atom. The molecule has 0 spiro atoms. The number of rotatable bonds is 2. The molecule has 1 aromatic rings. The Morgan fingerprint density at radius 3 is 3.00 bits per heavy atom. The van der Waals surface area contributed by atoms with Crippen LogP contribution in [0.25, 0.3) is 0 Å². The largest absolute Gasteiger partial charge is 0.349 e. The Balaban J connectivity index is 2.40. The molecule has 15 heavy (non-hydrogen) atoms. The van der Waals surface area contributed by atoms with Gasteiger partial charge in [-0.2, -0.15) is 0 Å². The van der Waals surface area contributed by atoms with Gasteiger partial charge in [0, 0.05) is 12.3 Å². The van der Waals surface area contributed by atoms with Gasteiger partial charge in [0.05, 0.1) is 6.61 Å². The number of H-pyrrole nitrogens is 1. The molecule has 1 N–H and O–H groups in total. The van der Waals surface area contributed by atoms with E-state index in [1.165, 1.54) is 16.8 Å². The second kappa shape index (κ2) is 3.70. The van der Waals surface area contributed by atoms with E-state index in [9.17, 15) is 9.59 Å². The first-order valence-corrected chi connectivity index (χ1v) is 4.47. The molecule has 1 aliphatic heterocycles. The van der Waals surface area contributed by atoms with Gasteiger partial charge in [-0.05, 0) is 11.6 Å². The van der Waals surface area contributed by atoms with Crippen LogP contribution in [0.2, 0.25) is 0 Å². The Labute approximate surface area is 85.3 Å². The third kappa shape index (κ3) is 1.82. The molecule has 2 rings (SSSR count). The van der Waals surface area contributed by atoms with Gasteiger partial charge >= 0.3 is 5.69 Å². The summed E-state index contributed by atoms with van der Waals surface area (Å²) in [5.74, 6) is 0. The predicted molar refractivity (Wildman–Crippen MR) is 54.6 cm³/mol. The molecule has 0 radical (unpaired) electrons. The molecule has 0 bridgehead atoms. The quantitative estimate of drug-likeness (QED) is 0.750. The van der Waals surface area contributed by atoms with Crippen molar-refractivity contribution in [2.75, 3.05) is 6.61 Å². The van der Waals surface area contributed by atoms with Crippen LogP contribution < -0.4 is 11.2 Å². The van der Waals surface area contributed by atoms with Crippen molar-refractivity contribution in [1.29, 1.82) is 0 Å². The molecule has 78 valence electrons. The fourth-order valence-corrected chi connectivity index (χ4v) is 1.38. The minimum atomic E-state index is -0.478. The molecular weight excluding hydrogens is 196 g/mol. The van der Waals surface area contributed by atoms with Crippen LogP contribution in [0.4, 0.5) is 0 Å². The van der Waals surface area contributed by atoms with Crippen LogP contribution in [0.1, 0.15) is 6.23 Å². The number of hydrogen-bond donors (Lipinski definition) is 1. The zero-order chi connectivity index (χ0) is 10.8. The SMILES string of the molecule is C=CC1=C[C@H](n2ccc(=O)[nH]c2=O)OC1. The van der Waals surface area contributed by atoms with Crippen LogP contribution in [-0.2, 0) is 4.74 Å². The van der Waals surface area contributed by atoms with E-state index in [-0.39, 0.29) is 0 Å². The highest BCUT2D eigenvalue weighted by Crippen LogP contribution is 2.19. The predicted octanol–water partition coefficient (Wildman–Crippen LogP) is 0.178. The Hall–Kier alpha value is -1.88. The van der Waals surface area contributed by atoms with Crippen LogP contribution in [0.3, 0.4) is 0 Å². The standard InChI is InChI=1S/C10H10N2O3/c1-2-7-5-9(15-6-7)12-4-3-8(13)11-10(12)14/h2-5,9H,1,6H2,(H,11,13,14)/t9-/m1/s1. The summed E-state index contributed by atoms with van der Waals surface area (Å²) < 4.78 is 6.66. The fraction of sp³-hybridized carbons (Fsp3) is 0.200. The van der Waals surface area contributed by atoms with Crippen molar-refractivity contribution in [2.24, 2.45) is 0 Å². The number of ether oxygens (including phenoxy) is 1. The lowest BCUT2D eigenvalue weighted by Gasteiger charge is -2.10. The van der Waals surface area contributed by atoms with Crippen molar-refractivity contribution in [3.63, 3.8) is 0 Å². The molecular formula is C10H10N2O3. The van der Waals surface area contributed by atoms with E-state index in [0.717, 1.165) is 5.57 Å². The van der Waals surface area contributed by atoms with Crippen molar-refractivity contribution in [2.45, 2.75) is 6.23 Å². The van der Waals surface area contributed by atoms with Gasteiger partial charge in [0.2, 0.25) is 0 Å². The first kappa shape index (κ1) is 9.67. The molecule has 2 heterocycles. The molecule has 1 aromatic heterocycles. The van der Waals surface area contributed by atoms with Gasteiger partial charge in [0.1, 0.15) is 0 Å². The van der Waals surface area contributed by atoms with E-state index in [1.54, 1.807) is 12.2 Å². The maximum Gasteiger partial charge on any atom is 0.330 e. The molecule has 0 unspecified atom stereocenters. The second-order valence-electron chi connectivity index (χ2n) is 3.16. The van der Waals surface area contributed by atoms with Gasteiger partial charge in [-0.25, -0.2) is 4.79 Å². The maximum atomic E-state index is 11.4. The van der Waals surface area contributed by atoms with E-state index >= 15 is 0 Å². The summed E-state index contributed by atoms with van der Waals surface area (Å²) in [4.78, 5) is 24.4. The minimum Gasteiger partial charge on any atom is -0.349 e. The Bertz CT molecular complexity index is 524. The molecule has 1 aliphatic rings. The molecule has 5 heteroatoms. The van der Waals surface area contributed by atoms with Crippen molar-refractivity contribution < 1.29 is 4.74 Å². The number of aromatic amines is 1. The molecule has 0 fully saturated rings. The summed E-state index contributed by atoms with van der Waals surface area (Å²) in [6.07, 6.45) is 4.42. The zero-order valence-corrected chi connectivity index (χ0v) is 7.97. The average Bonchev–Trinajstić information content (AvgIpc) is 2.66. The summed E-state index contributed by atoms with van der Waals surface area (Å²) in [5, 5.41) is 0. The smallest absolute Gasteiger partial charge is 0.330 e. The Morgan fingerprint density at radius 2 is 2.40 bits per heavy atom. The highest BCUT2D eigenvalue weighted by Gasteiger charge is 2.16. The van der Waals surface area contributed by atoms with Gasteiger partial charge in [-0.15, -0.1) is 0 Å². The normalized spacial score (nSPS) is 20.0. The average molecular weight is 206 g/mol. The maximum absolute atomic E-state index is 11.4. The van der Waals surface area contributed by atoms with E-state index < -0.39 is 17.5 Å². The van der Waals surface area contributed by atoms with Crippen molar-refractivity contribution >= 4 is 0 Å². The van der Waals surface area contributed by atoms with Crippen LogP contribution in [0, 0.1) is 0 Å². The molecule has 0 amide bonds. The molecule has 0 aromatic carbocycles. The highest BCUT2D eigenvalue weighted by atomic mass is 16.5. The number of hydrogen-bond acceptors (Lipinski definition) is 3. The van der Waals surface area contributed by atoms with Crippen LogP contribution in [-0.4, -0.2) is 16.2 Å². The van der Waals surface area contributed by atoms with Crippen molar-refractivity contribution in [1.82, 2.24) is 9.55 Å². The van der Waals surface area contributed by atoms with Gasteiger partial charge in [0.15, 0.2) is 6.23 Å². The summed E-state index contributed by atoms with van der Waals surface area (Å²) in [5.41, 5.74) is 0.0364. The van der Waals surface area contributed by atoms with Crippen LogP contribution in [0.5, 0.6) is 0 Å². The number of nitrogens with one attached hydrogen (secondary N) is 1. The van der Waals surface area contributed by atoms with E-state index in [4.69, 9.17) is 4.74 Å². The number of aromatic nitrogens is 2. The zero-order valence-electron chi connectivity index (χ0n) is 7.97. The van der Waals surface area contributed by atoms with E-state index in [1.807, 2.05) is 0 Å². The van der Waals surface area contributed by atoms with E-state index in [2.05, 4.69) is 11.6 Å². The van der Waals surface area contributed by atoms with Gasteiger partial charge in [0.25, 0.3) is 5.56 Å². The summed E-state index contributed by atoms with van der Waals surface area (Å²) in [6.45, 7) is 4.04. The topological polar surface area (TPSA) is 64.1 Å². The lowest BCUT2D eigenvalue weighted by molar-refractivity contribution is 0.0707. The lowest BCUT2D eigenvalue weighted by Crippen LogP contribution is -2.31. The third-order valence-corrected chi connectivity index (χ3v) is 2.16. The van der Waals surface area contributed by atoms with Crippen molar-refractivity contribution in [3.8, 4) is 0 Å². The monoisotopic (exact) mass is 206 g/mol. The van der Waals surface area contributed by atoms with Crippen molar-refractivity contribution in [3.05, 3.63) is 57.4 Å². The van der Waals surface area contributed by atoms with Gasteiger partial charge in [-0.1, -0.05) is 12.7 Å². The summed E-state index contributed by atoms with van der Waals surface area (Å²) >= 11 is 0. The highest BCUT2D eigenvalue weighted by molar-refractivity contribution is 5.21. The molecule has 0 aliphatic carbocycles. The molecule has 1 atom stereocenters. The molecule has 0 saturated carbocycles. The first-order valence-electron chi connectivity index (χ1n) is 4.47. The van der Waals surface area contributed by atoms with Gasteiger partial charge in [-0.3, -0.25) is 14.3 Å². The second-order valence-corrected chi connectivity index (χ2v) is 3.16. The molecule has 0 saturated heterocycles. The number of nitrogens with zero attached hydrogens (tertiary/aromatic N) is 1. The third-order valence-electron chi connectivity index (χ3n) is 2.16. The molecule has 5 nitrogen and oxygen atoms in total. The van der Waals surface area contributed by atoms with E-state index in [0.29, 0.717) is 6.61 Å². The van der Waals surface area contributed by atoms with Gasteiger partial charge < -0.3 is 4.74 Å².